The maximum Gasteiger partial charge on any atom is 0.187 e. The third-order valence-corrected chi connectivity index (χ3v) is 4.32. The highest BCUT2D eigenvalue weighted by molar-refractivity contribution is 7.16. The first-order valence-corrected chi connectivity index (χ1v) is 8.02. The molecule has 5 heteroatoms. The number of anilines is 2. The molecular formula is C18H15N2O2S-. The topological polar surface area (TPSA) is 65.0 Å². The highest BCUT2D eigenvalue weighted by Gasteiger charge is 2.13. The van der Waals surface area contributed by atoms with Crippen LogP contribution in [0, 0.1) is 6.92 Å². The number of nitrogens with one attached hydrogen (secondary N) is 1. The molecule has 116 valence electrons. The van der Waals surface area contributed by atoms with Crippen LogP contribution in [0.3, 0.4) is 0 Å². The van der Waals surface area contributed by atoms with E-state index >= 15 is 0 Å². The minimum Gasteiger partial charge on any atom is -0.550 e. The molecule has 1 heterocycles. The Bertz CT molecular complexity index is 811. The van der Waals surface area contributed by atoms with Gasteiger partial charge in [0.1, 0.15) is 0 Å². The fraction of sp³-hybridized carbons (Fsp3) is 0.111. The van der Waals surface area contributed by atoms with Crippen LogP contribution in [0.15, 0.2) is 54.6 Å². The van der Waals surface area contributed by atoms with Crippen molar-refractivity contribution in [3.05, 3.63) is 65.0 Å². The molecule has 0 aliphatic heterocycles. The van der Waals surface area contributed by atoms with Crippen molar-refractivity contribution >= 4 is 28.1 Å². The third kappa shape index (κ3) is 3.76. The van der Waals surface area contributed by atoms with Gasteiger partial charge < -0.3 is 15.2 Å². The van der Waals surface area contributed by atoms with E-state index in [1.54, 1.807) is 0 Å². The van der Waals surface area contributed by atoms with E-state index in [4.69, 9.17) is 0 Å². The first-order chi connectivity index (χ1) is 11.1. The number of carboxylic acid groups (broad SMARTS) is 1. The Morgan fingerprint density at radius 2 is 1.83 bits per heavy atom. The lowest BCUT2D eigenvalue weighted by molar-refractivity contribution is -0.304. The maximum absolute atomic E-state index is 11.0. The van der Waals surface area contributed by atoms with Crippen molar-refractivity contribution in [2.45, 2.75) is 13.3 Å². The molecule has 4 nitrogen and oxygen atoms in total. The van der Waals surface area contributed by atoms with Gasteiger partial charge in [-0.15, -0.1) is 11.3 Å². The third-order valence-electron chi connectivity index (χ3n) is 3.35. The summed E-state index contributed by atoms with van der Waals surface area (Å²) in [6.07, 6.45) is -0.142. The molecule has 0 fully saturated rings. The van der Waals surface area contributed by atoms with Gasteiger partial charge in [-0.25, -0.2) is 4.98 Å². The van der Waals surface area contributed by atoms with Crippen LogP contribution in [0.25, 0.3) is 11.3 Å². The van der Waals surface area contributed by atoms with Crippen LogP contribution in [0.1, 0.15) is 10.4 Å². The fourth-order valence-corrected chi connectivity index (χ4v) is 3.23. The van der Waals surface area contributed by atoms with Crippen LogP contribution < -0.4 is 10.4 Å². The lowest BCUT2D eigenvalue weighted by Crippen LogP contribution is -2.24. The molecule has 0 unspecified atom stereocenters. The van der Waals surface area contributed by atoms with Crippen LogP contribution in [0.4, 0.5) is 10.8 Å². The first kappa shape index (κ1) is 15.2. The smallest absolute Gasteiger partial charge is 0.187 e. The average molecular weight is 323 g/mol. The van der Waals surface area contributed by atoms with Crippen LogP contribution in [-0.4, -0.2) is 11.0 Å². The number of aromatic nitrogens is 1. The van der Waals surface area contributed by atoms with Gasteiger partial charge in [0.2, 0.25) is 0 Å². The number of thiazole rings is 1. The number of benzene rings is 2. The summed E-state index contributed by atoms with van der Waals surface area (Å²) in [6, 6.07) is 17.6. The summed E-state index contributed by atoms with van der Waals surface area (Å²) < 4.78 is 0. The van der Waals surface area contributed by atoms with Crippen molar-refractivity contribution in [2.24, 2.45) is 0 Å². The van der Waals surface area contributed by atoms with E-state index < -0.39 is 5.97 Å². The van der Waals surface area contributed by atoms with Gasteiger partial charge >= 0.3 is 0 Å². The second kappa shape index (κ2) is 6.62. The quantitative estimate of drug-likeness (QED) is 0.783. The van der Waals surface area contributed by atoms with Crippen molar-refractivity contribution in [1.29, 1.82) is 0 Å². The van der Waals surface area contributed by atoms with Gasteiger partial charge in [0.15, 0.2) is 5.13 Å². The van der Waals surface area contributed by atoms with Crippen LogP contribution >= 0.6 is 11.3 Å². The van der Waals surface area contributed by atoms with E-state index in [2.05, 4.69) is 10.3 Å². The van der Waals surface area contributed by atoms with E-state index in [1.165, 1.54) is 11.3 Å². The van der Waals surface area contributed by atoms with Crippen molar-refractivity contribution in [3.63, 3.8) is 0 Å². The van der Waals surface area contributed by atoms with E-state index in [0.717, 1.165) is 16.8 Å². The molecule has 23 heavy (non-hydrogen) atoms. The van der Waals surface area contributed by atoms with Crippen LogP contribution in [-0.2, 0) is 11.2 Å². The Morgan fingerprint density at radius 1 is 1.13 bits per heavy atom. The molecule has 0 saturated heterocycles. The number of carbonyl (C=O) groups is 1. The molecule has 0 saturated carbocycles. The zero-order chi connectivity index (χ0) is 16.2. The summed E-state index contributed by atoms with van der Waals surface area (Å²) in [6.45, 7) is 2.01. The van der Waals surface area contributed by atoms with Crippen LogP contribution in [0.2, 0.25) is 0 Å². The number of para-hydroxylation sites is 1. The van der Waals surface area contributed by atoms with Crippen molar-refractivity contribution in [3.8, 4) is 11.3 Å². The Morgan fingerprint density at radius 3 is 2.48 bits per heavy atom. The molecule has 1 aromatic heterocycles. The van der Waals surface area contributed by atoms with Gasteiger partial charge in [-0.2, -0.15) is 0 Å². The van der Waals surface area contributed by atoms with E-state index in [-0.39, 0.29) is 6.42 Å². The van der Waals surface area contributed by atoms with E-state index in [1.807, 2.05) is 61.5 Å². The highest BCUT2D eigenvalue weighted by Crippen LogP contribution is 2.33. The van der Waals surface area contributed by atoms with Gasteiger partial charge in [0.25, 0.3) is 0 Å². The SMILES string of the molecule is Cc1ccc(-c2nc(Nc3ccccc3)sc2CC(=O)[O-])cc1. The van der Waals surface area contributed by atoms with Crippen molar-refractivity contribution in [2.75, 3.05) is 5.32 Å². The molecule has 2 aromatic carbocycles. The Hall–Kier alpha value is -2.66. The van der Waals surface area contributed by atoms with Gasteiger partial charge in [-0.3, -0.25) is 0 Å². The number of nitrogens with zero attached hydrogens (tertiary/aromatic N) is 1. The number of carbonyl (C=O) groups excluding carboxylic acids is 1. The summed E-state index contributed by atoms with van der Waals surface area (Å²) in [5.41, 5.74) is 3.66. The predicted molar refractivity (Wildman–Crippen MR) is 90.7 cm³/mol. The molecule has 0 amide bonds. The van der Waals surface area contributed by atoms with Crippen LogP contribution in [0.5, 0.6) is 0 Å². The van der Waals surface area contributed by atoms with Gasteiger partial charge in [-0.05, 0) is 19.1 Å². The Labute approximate surface area is 138 Å². The second-order valence-electron chi connectivity index (χ2n) is 5.20. The summed E-state index contributed by atoms with van der Waals surface area (Å²) in [4.78, 5) is 16.3. The number of aliphatic carboxylic acids is 1. The molecule has 0 aliphatic carbocycles. The summed E-state index contributed by atoms with van der Waals surface area (Å²) in [5.74, 6) is -1.10. The van der Waals surface area contributed by atoms with Gasteiger partial charge in [-0.1, -0.05) is 48.0 Å². The second-order valence-corrected chi connectivity index (χ2v) is 6.28. The predicted octanol–water partition coefficient (Wildman–Crippen LogP) is 3.15. The molecular weight excluding hydrogens is 308 g/mol. The summed E-state index contributed by atoms with van der Waals surface area (Å²) in [7, 11) is 0. The molecule has 0 bridgehead atoms. The molecule has 0 aliphatic rings. The zero-order valence-corrected chi connectivity index (χ0v) is 13.4. The fourth-order valence-electron chi connectivity index (χ4n) is 2.24. The molecule has 1 N–H and O–H groups in total. The Kier molecular flexibility index (Phi) is 4.39. The minimum absolute atomic E-state index is 0.142. The minimum atomic E-state index is -1.10. The molecule has 0 radical (unpaired) electrons. The zero-order valence-electron chi connectivity index (χ0n) is 12.6. The molecule has 0 spiro atoms. The maximum atomic E-state index is 11.0. The lowest BCUT2D eigenvalue weighted by atomic mass is 10.1. The molecule has 3 rings (SSSR count). The van der Waals surface area contributed by atoms with Crippen molar-refractivity contribution < 1.29 is 9.90 Å². The van der Waals surface area contributed by atoms with E-state index in [9.17, 15) is 9.90 Å². The van der Waals surface area contributed by atoms with Gasteiger partial charge in [0.05, 0.1) is 5.69 Å². The number of hydrogen-bond acceptors (Lipinski definition) is 5. The lowest BCUT2D eigenvalue weighted by Gasteiger charge is -2.03. The summed E-state index contributed by atoms with van der Waals surface area (Å²) >= 11 is 1.34. The largest absolute Gasteiger partial charge is 0.550 e. The standard InChI is InChI=1S/C18H16N2O2S/c1-12-7-9-13(10-8-12)17-15(11-16(21)22)23-18(20-17)19-14-5-3-2-4-6-14/h2-10H,11H2,1H3,(H,19,20)(H,21,22)/p-1. The van der Waals surface area contributed by atoms with E-state index in [0.29, 0.717) is 15.7 Å². The Balaban J connectivity index is 1.96. The number of carboxylic acids is 1. The number of aryl methyl sites for hydroxylation is 1. The number of rotatable bonds is 5. The summed E-state index contributed by atoms with van der Waals surface area (Å²) in [5, 5.41) is 14.9. The van der Waals surface area contributed by atoms with Gasteiger partial charge in [0, 0.05) is 28.5 Å². The highest BCUT2D eigenvalue weighted by atomic mass is 32.1. The molecule has 0 atom stereocenters. The average Bonchev–Trinajstić information content (AvgIpc) is 2.90. The van der Waals surface area contributed by atoms with Crippen molar-refractivity contribution in [1.82, 2.24) is 4.98 Å². The first-order valence-electron chi connectivity index (χ1n) is 7.20. The monoisotopic (exact) mass is 323 g/mol. The normalized spacial score (nSPS) is 10.5. The molecule has 3 aromatic rings. The number of hydrogen-bond donors (Lipinski definition) is 1.